The lowest BCUT2D eigenvalue weighted by Gasteiger charge is -2.32. The summed E-state index contributed by atoms with van der Waals surface area (Å²) < 4.78 is 24.7. The molecule has 2 aliphatic rings. The second-order valence-corrected chi connectivity index (χ2v) is 11.3. The van der Waals surface area contributed by atoms with Crippen LogP contribution in [-0.2, 0) is 31.6 Å². The van der Waals surface area contributed by atoms with E-state index < -0.39 is 9.84 Å². The molecular formula is C26H32N2O4S. The quantitative estimate of drug-likeness (QED) is 0.601. The van der Waals surface area contributed by atoms with Gasteiger partial charge < -0.3 is 10.2 Å². The molecule has 2 aromatic rings. The average molecular weight is 469 g/mol. The van der Waals surface area contributed by atoms with E-state index in [2.05, 4.69) is 11.4 Å². The van der Waals surface area contributed by atoms with Gasteiger partial charge in [0, 0.05) is 24.7 Å². The van der Waals surface area contributed by atoms with Crippen molar-refractivity contribution in [3.8, 4) is 0 Å². The monoisotopic (exact) mass is 468 g/mol. The molecule has 2 aromatic carbocycles. The summed E-state index contributed by atoms with van der Waals surface area (Å²) in [4.78, 5) is 28.2. The van der Waals surface area contributed by atoms with Crippen LogP contribution in [0, 0.1) is 11.8 Å². The van der Waals surface area contributed by atoms with E-state index in [0.29, 0.717) is 25.9 Å². The topological polar surface area (TPSA) is 83.5 Å². The fourth-order valence-corrected chi connectivity index (χ4v) is 6.47. The second-order valence-electron chi connectivity index (χ2n) is 9.09. The molecule has 176 valence electrons. The fourth-order valence-electron chi connectivity index (χ4n) is 5.04. The van der Waals surface area contributed by atoms with Crippen LogP contribution in [0.15, 0.2) is 54.6 Å². The van der Waals surface area contributed by atoms with Gasteiger partial charge in [0.05, 0.1) is 17.4 Å². The molecule has 2 unspecified atom stereocenters. The predicted octanol–water partition coefficient (Wildman–Crippen LogP) is 3.50. The molecule has 0 aromatic heterocycles. The number of benzene rings is 2. The zero-order valence-electron chi connectivity index (χ0n) is 18.9. The Bertz CT molecular complexity index is 1080. The Hall–Kier alpha value is -2.67. The van der Waals surface area contributed by atoms with E-state index >= 15 is 0 Å². The standard InChI is InChI=1S/C26H32N2O4S/c29-25(27-16-8-18-33(31,32)19-20-9-2-1-3-10-20)22-12-5-6-13-23(22)26(30)28-17-15-21-11-4-7-14-24(21)28/h1-4,7,9-11,14,22-23H,5-6,8,12-13,15-19H2,(H,27,29). The summed E-state index contributed by atoms with van der Waals surface area (Å²) in [6.07, 6.45) is 4.52. The zero-order chi connectivity index (χ0) is 23.3. The van der Waals surface area contributed by atoms with Crippen LogP contribution in [0.1, 0.15) is 43.2 Å². The molecule has 1 N–H and O–H groups in total. The van der Waals surface area contributed by atoms with Gasteiger partial charge in [-0.1, -0.05) is 61.4 Å². The predicted molar refractivity (Wildman–Crippen MR) is 130 cm³/mol. The number of rotatable bonds is 8. The average Bonchev–Trinajstić information content (AvgIpc) is 3.26. The molecule has 4 rings (SSSR count). The molecule has 7 heteroatoms. The highest BCUT2D eigenvalue weighted by Crippen LogP contribution is 2.35. The highest BCUT2D eigenvalue weighted by atomic mass is 32.2. The molecule has 1 fully saturated rings. The third-order valence-corrected chi connectivity index (χ3v) is 8.42. The number of fused-ring (bicyclic) bond motifs is 1. The maximum Gasteiger partial charge on any atom is 0.230 e. The molecule has 0 bridgehead atoms. The Labute approximate surface area is 196 Å². The second kappa shape index (κ2) is 10.5. The van der Waals surface area contributed by atoms with Crippen LogP contribution in [0.4, 0.5) is 5.69 Å². The summed E-state index contributed by atoms with van der Waals surface area (Å²) in [5, 5.41) is 2.91. The van der Waals surface area contributed by atoms with Gasteiger partial charge >= 0.3 is 0 Å². The van der Waals surface area contributed by atoms with E-state index in [1.165, 1.54) is 5.56 Å². The van der Waals surface area contributed by atoms with Crippen LogP contribution in [0.25, 0.3) is 0 Å². The summed E-state index contributed by atoms with van der Waals surface area (Å²) in [6.45, 7) is 0.971. The van der Waals surface area contributed by atoms with Gasteiger partial charge in [-0.15, -0.1) is 0 Å². The number of carbonyl (C=O) groups excluding carboxylic acids is 2. The third-order valence-electron chi connectivity index (χ3n) is 6.73. The van der Waals surface area contributed by atoms with Gasteiger partial charge in [0.15, 0.2) is 9.84 Å². The first-order chi connectivity index (χ1) is 15.9. The number of hydrogen-bond acceptors (Lipinski definition) is 4. The Balaban J connectivity index is 1.30. The molecule has 0 spiro atoms. The van der Waals surface area contributed by atoms with Crippen LogP contribution in [0.5, 0.6) is 0 Å². The maximum atomic E-state index is 13.4. The SMILES string of the molecule is O=C(NCCCS(=O)(=O)Cc1ccccc1)C1CCCCC1C(=O)N1CCc2ccccc21. The van der Waals surface area contributed by atoms with Gasteiger partial charge in [0.2, 0.25) is 11.8 Å². The molecule has 1 aliphatic heterocycles. The first kappa shape index (κ1) is 23.5. The molecule has 1 saturated carbocycles. The van der Waals surface area contributed by atoms with Gasteiger partial charge in [0.25, 0.3) is 0 Å². The lowest BCUT2D eigenvalue weighted by Crippen LogP contribution is -2.45. The molecule has 2 atom stereocenters. The Morgan fingerprint density at radius 3 is 2.42 bits per heavy atom. The Morgan fingerprint density at radius 2 is 1.64 bits per heavy atom. The van der Waals surface area contributed by atoms with Gasteiger partial charge in [0.1, 0.15) is 0 Å². The minimum absolute atomic E-state index is 0.0122. The summed E-state index contributed by atoms with van der Waals surface area (Å²) in [5.41, 5.74) is 2.92. The lowest BCUT2D eigenvalue weighted by atomic mass is 9.77. The summed E-state index contributed by atoms with van der Waals surface area (Å²) in [7, 11) is -3.23. The van der Waals surface area contributed by atoms with Crippen molar-refractivity contribution in [1.29, 1.82) is 0 Å². The molecule has 2 amide bonds. The minimum Gasteiger partial charge on any atom is -0.356 e. The number of nitrogens with zero attached hydrogens (tertiary/aromatic N) is 1. The van der Waals surface area contributed by atoms with Crippen LogP contribution in [0.2, 0.25) is 0 Å². The van der Waals surface area contributed by atoms with E-state index in [0.717, 1.165) is 36.9 Å². The van der Waals surface area contributed by atoms with Crippen molar-refractivity contribution < 1.29 is 18.0 Å². The van der Waals surface area contributed by atoms with E-state index in [4.69, 9.17) is 0 Å². The third kappa shape index (κ3) is 5.82. The smallest absolute Gasteiger partial charge is 0.230 e. The molecule has 33 heavy (non-hydrogen) atoms. The van der Waals surface area contributed by atoms with Crippen molar-refractivity contribution in [2.45, 2.75) is 44.3 Å². The van der Waals surface area contributed by atoms with Crippen molar-refractivity contribution in [3.63, 3.8) is 0 Å². The Morgan fingerprint density at radius 1 is 0.939 bits per heavy atom. The molecular weight excluding hydrogens is 436 g/mol. The van der Waals surface area contributed by atoms with E-state index in [9.17, 15) is 18.0 Å². The number of anilines is 1. The maximum absolute atomic E-state index is 13.4. The van der Waals surface area contributed by atoms with Gasteiger partial charge in [-0.25, -0.2) is 8.42 Å². The number of amides is 2. The van der Waals surface area contributed by atoms with Crippen molar-refractivity contribution in [2.75, 3.05) is 23.7 Å². The lowest BCUT2D eigenvalue weighted by molar-refractivity contribution is -0.135. The number of para-hydroxylation sites is 1. The van der Waals surface area contributed by atoms with E-state index in [1.807, 2.05) is 41.3 Å². The number of sulfone groups is 1. The van der Waals surface area contributed by atoms with Crippen molar-refractivity contribution in [2.24, 2.45) is 11.8 Å². The summed E-state index contributed by atoms with van der Waals surface area (Å²) >= 11 is 0. The first-order valence-electron chi connectivity index (χ1n) is 11.9. The summed E-state index contributed by atoms with van der Waals surface area (Å²) in [5.74, 6) is -0.698. The number of hydrogen-bond donors (Lipinski definition) is 1. The molecule has 1 aliphatic carbocycles. The highest BCUT2D eigenvalue weighted by molar-refractivity contribution is 7.90. The first-order valence-corrected chi connectivity index (χ1v) is 13.7. The number of carbonyl (C=O) groups is 2. The largest absolute Gasteiger partial charge is 0.356 e. The van der Waals surface area contributed by atoms with Crippen molar-refractivity contribution in [3.05, 3.63) is 65.7 Å². The van der Waals surface area contributed by atoms with Crippen LogP contribution in [0.3, 0.4) is 0 Å². The molecule has 6 nitrogen and oxygen atoms in total. The normalized spacial score (nSPS) is 20.3. The highest BCUT2D eigenvalue weighted by Gasteiger charge is 2.39. The summed E-state index contributed by atoms with van der Waals surface area (Å²) in [6, 6.07) is 17.1. The van der Waals surface area contributed by atoms with Gasteiger partial charge in [-0.3, -0.25) is 9.59 Å². The number of nitrogens with one attached hydrogen (secondary N) is 1. The van der Waals surface area contributed by atoms with Crippen LogP contribution >= 0.6 is 0 Å². The fraction of sp³-hybridized carbons (Fsp3) is 0.462. The minimum atomic E-state index is -3.23. The molecule has 1 heterocycles. The van der Waals surface area contributed by atoms with Crippen LogP contribution in [-0.4, -0.2) is 39.1 Å². The van der Waals surface area contributed by atoms with Crippen molar-refractivity contribution in [1.82, 2.24) is 5.32 Å². The molecule has 0 saturated heterocycles. The Kier molecular flexibility index (Phi) is 7.48. The van der Waals surface area contributed by atoms with E-state index in [-0.39, 0.29) is 35.2 Å². The van der Waals surface area contributed by atoms with Gasteiger partial charge in [-0.05, 0) is 42.9 Å². The molecule has 0 radical (unpaired) electrons. The van der Waals surface area contributed by atoms with Gasteiger partial charge in [-0.2, -0.15) is 0 Å². The van der Waals surface area contributed by atoms with E-state index in [1.54, 1.807) is 12.1 Å². The van der Waals surface area contributed by atoms with Crippen LogP contribution < -0.4 is 10.2 Å². The zero-order valence-corrected chi connectivity index (χ0v) is 19.7. The van der Waals surface area contributed by atoms with Crippen molar-refractivity contribution >= 4 is 27.3 Å².